The summed E-state index contributed by atoms with van der Waals surface area (Å²) in [7, 11) is 0. The van der Waals surface area contributed by atoms with Crippen LogP contribution in [0.15, 0.2) is 71.6 Å². The Kier molecular flexibility index (Phi) is 6.92. The standard InChI is InChI=1S/C28H20F4N4O2S/c1-39-25-5-3-2-4-19(25)16-6-9-22-20(13-16)24(37)10-11-35(22)27(38)23-14-26(28(30,31)32)34-36(23)18-7-8-21(29)17(12-18)15-33/h2-9,12-14,24,37H,10-11H2,1H3. The fraction of sp³-hybridized carbons (Fsp3) is 0.179. The molecule has 39 heavy (non-hydrogen) atoms. The van der Waals surface area contributed by atoms with Crippen LogP contribution in [-0.2, 0) is 6.18 Å². The second-order valence-corrected chi connectivity index (χ2v) is 9.68. The van der Waals surface area contributed by atoms with Gasteiger partial charge in [-0.15, -0.1) is 11.8 Å². The molecule has 4 aromatic rings. The number of nitriles is 1. The Bertz CT molecular complexity index is 1630. The van der Waals surface area contributed by atoms with Gasteiger partial charge in [0.2, 0.25) is 0 Å². The molecule has 0 spiro atoms. The number of anilines is 1. The van der Waals surface area contributed by atoms with Crippen LogP contribution in [0.1, 0.15) is 39.8 Å². The molecule has 0 saturated heterocycles. The van der Waals surface area contributed by atoms with Crippen molar-refractivity contribution in [1.29, 1.82) is 5.26 Å². The highest BCUT2D eigenvalue weighted by Gasteiger charge is 2.38. The van der Waals surface area contributed by atoms with Gasteiger partial charge in [-0.2, -0.15) is 23.5 Å². The minimum Gasteiger partial charge on any atom is -0.388 e. The second-order valence-electron chi connectivity index (χ2n) is 8.84. The number of carbonyl (C=O) groups is 1. The number of aliphatic hydroxyl groups excluding tert-OH is 1. The van der Waals surface area contributed by atoms with Crippen LogP contribution in [0.5, 0.6) is 0 Å². The monoisotopic (exact) mass is 552 g/mol. The molecule has 0 fully saturated rings. The Balaban J connectivity index is 1.60. The van der Waals surface area contributed by atoms with Crippen LogP contribution < -0.4 is 4.90 Å². The smallest absolute Gasteiger partial charge is 0.388 e. The third-order valence-electron chi connectivity index (χ3n) is 6.50. The zero-order valence-corrected chi connectivity index (χ0v) is 21.2. The number of amides is 1. The maximum Gasteiger partial charge on any atom is 0.435 e. The number of aliphatic hydroxyl groups is 1. The third kappa shape index (κ3) is 4.89. The summed E-state index contributed by atoms with van der Waals surface area (Å²) >= 11 is 1.57. The van der Waals surface area contributed by atoms with Gasteiger partial charge in [-0.1, -0.05) is 24.3 Å². The summed E-state index contributed by atoms with van der Waals surface area (Å²) < 4.78 is 55.5. The van der Waals surface area contributed by atoms with Gasteiger partial charge in [0.25, 0.3) is 5.91 Å². The number of hydrogen-bond acceptors (Lipinski definition) is 5. The van der Waals surface area contributed by atoms with Crippen molar-refractivity contribution in [3.63, 3.8) is 0 Å². The second kappa shape index (κ2) is 10.2. The summed E-state index contributed by atoms with van der Waals surface area (Å²) in [6.45, 7) is 0.0488. The Morgan fingerprint density at radius 2 is 1.90 bits per heavy atom. The normalized spacial score (nSPS) is 15.1. The first kappa shape index (κ1) is 26.5. The van der Waals surface area contributed by atoms with Crippen LogP contribution in [0.4, 0.5) is 23.2 Å². The van der Waals surface area contributed by atoms with E-state index in [0.29, 0.717) is 17.3 Å². The van der Waals surface area contributed by atoms with Gasteiger partial charge >= 0.3 is 6.18 Å². The molecule has 1 N–H and O–H groups in total. The van der Waals surface area contributed by atoms with E-state index in [4.69, 9.17) is 0 Å². The summed E-state index contributed by atoms with van der Waals surface area (Å²) in [5.41, 5.74) is 0.396. The van der Waals surface area contributed by atoms with Gasteiger partial charge in [0.05, 0.1) is 17.4 Å². The van der Waals surface area contributed by atoms with Crippen LogP contribution in [0, 0.1) is 17.1 Å². The average molecular weight is 553 g/mol. The van der Waals surface area contributed by atoms with Crippen molar-refractivity contribution in [3.05, 3.63) is 95.1 Å². The van der Waals surface area contributed by atoms with Crippen molar-refractivity contribution in [2.45, 2.75) is 23.6 Å². The highest BCUT2D eigenvalue weighted by molar-refractivity contribution is 7.98. The van der Waals surface area contributed by atoms with Crippen LogP contribution in [0.3, 0.4) is 0 Å². The third-order valence-corrected chi connectivity index (χ3v) is 7.30. The molecule has 1 aliphatic rings. The highest BCUT2D eigenvalue weighted by atomic mass is 32.2. The van der Waals surface area contributed by atoms with Gasteiger partial charge in [-0.25, -0.2) is 9.07 Å². The van der Waals surface area contributed by atoms with Crippen molar-refractivity contribution < 1.29 is 27.5 Å². The van der Waals surface area contributed by atoms with E-state index < -0.39 is 41.0 Å². The number of carbonyl (C=O) groups excluding carboxylic acids is 1. The molecular weight excluding hydrogens is 532 g/mol. The number of alkyl halides is 3. The Labute approximate surface area is 225 Å². The molecule has 0 radical (unpaired) electrons. The fourth-order valence-corrected chi connectivity index (χ4v) is 5.21. The maximum absolute atomic E-state index is 13.9. The lowest BCUT2D eigenvalue weighted by atomic mass is 9.94. The Hall–Kier alpha value is -4.14. The SMILES string of the molecule is CSc1ccccc1-c1ccc2c(c1)C(O)CCN2C(=O)c1cc(C(F)(F)F)nn1-c1ccc(F)c(C#N)c1. The van der Waals surface area contributed by atoms with E-state index in [1.165, 1.54) is 4.90 Å². The van der Waals surface area contributed by atoms with E-state index in [1.807, 2.05) is 30.5 Å². The quantitative estimate of drug-likeness (QED) is 0.235. The summed E-state index contributed by atoms with van der Waals surface area (Å²) in [6, 6.07) is 18.3. The first-order valence-corrected chi connectivity index (χ1v) is 13.0. The van der Waals surface area contributed by atoms with Crippen molar-refractivity contribution >= 4 is 23.4 Å². The highest BCUT2D eigenvalue weighted by Crippen LogP contribution is 2.40. The summed E-state index contributed by atoms with van der Waals surface area (Å²) in [5.74, 6) is -1.64. The number of halogens is 4. The molecule has 5 rings (SSSR count). The van der Waals surface area contributed by atoms with Gasteiger partial charge in [0, 0.05) is 28.8 Å². The van der Waals surface area contributed by atoms with Crippen molar-refractivity contribution in [2.75, 3.05) is 17.7 Å². The van der Waals surface area contributed by atoms with Gasteiger partial charge in [0.15, 0.2) is 5.69 Å². The van der Waals surface area contributed by atoms with Crippen molar-refractivity contribution in [3.8, 4) is 22.9 Å². The number of thioether (sulfide) groups is 1. The molecular formula is C28H20F4N4O2S. The van der Waals surface area contributed by atoms with E-state index in [-0.39, 0.29) is 18.7 Å². The molecule has 0 bridgehead atoms. The predicted molar refractivity (Wildman–Crippen MR) is 138 cm³/mol. The molecule has 198 valence electrons. The topological polar surface area (TPSA) is 82.2 Å². The predicted octanol–water partition coefficient (Wildman–Crippen LogP) is 6.37. The van der Waals surface area contributed by atoms with E-state index in [0.717, 1.165) is 38.9 Å². The number of nitrogens with zero attached hydrogens (tertiary/aromatic N) is 4. The maximum atomic E-state index is 13.9. The van der Waals surface area contributed by atoms with Gasteiger partial charge in [0.1, 0.15) is 17.6 Å². The minimum atomic E-state index is -4.85. The molecule has 1 amide bonds. The average Bonchev–Trinajstić information content (AvgIpc) is 3.39. The van der Waals surface area contributed by atoms with Crippen LogP contribution in [0.2, 0.25) is 0 Å². The lowest BCUT2D eigenvalue weighted by Gasteiger charge is -2.32. The lowest BCUT2D eigenvalue weighted by Crippen LogP contribution is -2.37. The van der Waals surface area contributed by atoms with E-state index >= 15 is 0 Å². The molecule has 3 aromatic carbocycles. The Morgan fingerprint density at radius 1 is 1.13 bits per heavy atom. The van der Waals surface area contributed by atoms with Crippen LogP contribution >= 0.6 is 11.8 Å². The minimum absolute atomic E-state index is 0.0488. The molecule has 0 saturated carbocycles. The summed E-state index contributed by atoms with van der Waals surface area (Å²) in [5, 5.41) is 23.5. The van der Waals surface area contributed by atoms with E-state index in [1.54, 1.807) is 36.0 Å². The summed E-state index contributed by atoms with van der Waals surface area (Å²) in [6.07, 6.45) is -3.61. The van der Waals surface area contributed by atoms with Crippen LogP contribution in [0.25, 0.3) is 16.8 Å². The number of rotatable bonds is 4. The summed E-state index contributed by atoms with van der Waals surface area (Å²) in [4.78, 5) is 16.1. The van der Waals surface area contributed by atoms with E-state index in [9.17, 15) is 32.7 Å². The first-order chi connectivity index (χ1) is 18.6. The van der Waals surface area contributed by atoms with Crippen LogP contribution in [-0.4, -0.2) is 33.6 Å². The lowest BCUT2D eigenvalue weighted by molar-refractivity contribution is -0.141. The molecule has 1 aliphatic heterocycles. The zero-order valence-electron chi connectivity index (χ0n) is 20.4. The number of benzene rings is 3. The van der Waals surface area contributed by atoms with Gasteiger partial charge in [-0.05, 0) is 60.2 Å². The molecule has 11 heteroatoms. The number of aromatic nitrogens is 2. The molecule has 1 atom stereocenters. The fourth-order valence-electron chi connectivity index (χ4n) is 4.59. The number of hydrogen-bond donors (Lipinski definition) is 1. The van der Waals surface area contributed by atoms with E-state index in [2.05, 4.69) is 5.10 Å². The van der Waals surface area contributed by atoms with Gasteiger partial charge in [-0.3, -0.25) is 4.79 Å². The van der Waals surface area contributed by atoms with Crippen molar-refractivity contribution in [1.82, 2.24) is 9.78 Å². The molecule has 1 unspecified atom stereocenters. The molecule has 0 aliphatic carbocycles. The molecule has 6 nitrogen and oxygen atoms in total. The largest absolute Gasteiger partial charge is 0.435 e. The zero-order chi connectivity index (χ0) is 27.9. The Morgan fingerprint density at radius 3 is 2.62 bits per heavy atom. The molecule has 1 aromatic heterocycles. The van der Waals surface area contributed by atoms with Crippen molar-refractivity contribution in [2.24, 2.45) is 0 Å². The number of fused-ring (bicyclic) bond motifs is 1. The first-order valence-electron chi connectivity index (χ1n) is 11.8. The van der Waals surface area contributed by atoms with Gasteiger partial charge < -0.3 is 10.0 Å². The molecule has 2 heterocycles.